The molecule has 0 saturated heterocycles. The minimum atomic E-state index is -4.42. The molecule has 1 saturated carbocycles. The van der Waals surface area contributed by atoms with Gasteiger partial charge in [-0.3, -0.25) is 0 Å². The van der Waals surface area contributed by atoms with E-state index in [1.54, 1.807) is 5.32 Å². The summed E-state index contributed by atoms with van der Waals surface area (Å²) in [6.45, 7) is 0.628. The van der Waals surface area contributed by atoms with E-state index >= 15 is 0 Å². The van der Waals surface area contributed by atoms with Gasteiger partial charge in [0.25, 0.3) is 0 Å². The SMILES string of the molecule is CC1CCCC(O)(CNC(=O)NCC(F)(F)F)C1. The zero-order chi connectivity index (χ0) is 13.8. The molecule has 0 bridgehead atoms. The lowest BCUT2D eigenvalue weighted by Gasteiger charge is -2.35. The van der Waals surface area contributed by atoms with Crippen LogP contribution in [0.3, 0.4) is 0 Å². The van der Waals surface area contributed by atoms with E-state index in [2.05, 4.69) is 5.32 Å². The predicted octanol–water partition coefficient (Wildman–Crippen LogP) is 1.79. The van der Waals surface area contributed by atoms with Gasteiger partial charge in [-0.15, -0.1) is 0 Å². The van der Waals surface area contributed by atoms with Gasteiger partial charge in [0.2, 0.25) is 0 Å². The second kappa shape index (κ2) is 5.77. The number of halogens is 3. The summed E-state index contributed by atoms with van der Waals surface area (Å²) < 4.78 is 35.5. The van der Waals surface area contributed by atoms with Gasteiger partial charge in [-0.2, -0.15) is 13.2 Å². The third-order valence-corrected chi connectivity index (χ3v) is 3.09. The van der Waals surface area contributed by atoms with Gasteiger partial charge >= 0.3 is 12.2 Å². The Kier molecular flexibility index (Phi) is 4.84. The fraction of sp³-hybridized carbons (Fsp3) is 0.909. The van der Waals surface area contributed by atoms with E-state index in [0.29, 0.717) is 18.8 Å². The van der Waals surface area contributed by atoms with Crippen LogP contribution in [0.15, 0.2) is 0 Å². The van der Waals surface area contributed by atoms with Crippen molar-refractivity contribution < 1.29 is 23.1 Å². The van der Waals surface area contributed by atoms with E-state index < -0.39 is 24.4 Å². The number of hydrogen-bond acceptors (Lipinski definition) is 2. The zero-order valence-electron chi connectivity index (χ0n) is 10.3. The van der Waals surface area contributed by atoms with Gasteiger partial charge in [-0.25, -0.2) is 4.79 Å². The van der Waals surface area contributed by atoms with Crippen molar-refractivity contribution in [2.75, 3.05) is 13.1 Å². The molecule has 0 aromatic carbocycles. The second-order valence-electron chi connectivity index (χ2n) is 5.08. The Morgan fingerprint density at radius 1 is 1.44 bits per heavy atom. The first kappa shape index (κ1) is 15.1. The molecule has 18 heavy (non-hydrogen) atoms. The first-order valence-electron chi connectivity index (χ1n) is 6.01. The molecule has 1 aliphatic carbocycles. The molecule has 0 aromatic rings. The van der Waals surface area contributed by atoms with Crippen molar-refractivity contribution >= 4 is 6.03 Å². The Balaban J connectivity index is 2.29. The molecule has 1 aliphatic rings. The lowest BCUT2D eigenvalue weighted by molar-refractivity contribution is -0.122. The standard InChI is InChI=1S/C11H19F3N2O2/c1-8-3-2-4-10(18,5-8)6-15-9(17)16-7-11(12,13)14/h8,18H,2-7H2,1H3,(H2,15,16,17). The Bertz CT molecular complexity index is 297. The van der Waals surface area contributed by atoms with Crippen molar-refractivity contribution in [1.29, 1.82) is 0 Å². The molecule has 106 valence electrons. The molecule has 0 heterocycles. The molecular weight excluding hydrogens is 249 g/mol. The van der Waals surface area contributed by atoms with Gasteiger partial charge in [0.05, 0.1) is 5.60 Å². The number of amides is 2. The van der Waals surface area contributed by atoms with Crippen molar-refractivity contribution in [1.82, 2.24) is 10.6 Å². The number of carbonyl (C=O) groups is 1. The van der Waals surface area contributed by atoms with Crippen molar-refractivity contribution in [2.45, 2.75) is 44.4 Å². The molecule has 2 unspecified atom stereocenters. The smallest absolute Gasteiger partial charge is 0.388 e. The molecule has 2 atom stereocenters. The van der Waals surface area contributed by atoms with Crippen LogP contribution in [0.4, 0.5) is 18.0 Å². The summed E-state index contributed by atoms with van der Waals surface area (Å²) in [4.78, 5) is 11.1. The summed E-state index contributed by atoms with van der Waals surface area (Å²) in [6, 6.07) is -0.904. The van der Waals surface area contributed by atoms with Crippen LogP contribution in [0.2, 0.25) is 0 Å². The molecule has 1 rings (SSSR count). The van der Waals surface area contributed by atoms with Crippen molar-refractivity contribution in [3.05, 3.63) is 0 Å². The van der Waals surface area contributed by atoms with Gasteiger partial charge in [-0.05, 0) is 18.8 Å². The molecule has 0 aliphatic heterocycles. The highest BCUT2D eigenvalue weighted by molar-refractivity contribution is 5.73. The number of urea groups is 1. The van der Waals surface area contributed by atoms with E-state index in [4.69, 9.17) is 0 Å². The first-order valence-corrected chi connectivity index (χ1v) is 6.01. The number of carbonyl (C=O) groups excluding carboxylic acids is 1. The summed E-state index contributed by atoms with van der Waals surface area (Å²) in [5.41, 5.74) is -0.993. The summed E-state index contributed by atoms with van der Waals surface area (Å²) in [7, 11) is 0. The number of aliphatic hydroxyl groups is 1. The molecule has 4 nitrogen and oxygen atoms in total. The van der Waals surface area contributed by atoms with E-state index in [1.165, 1.54) is 0 Å². The van der Waals surface area contributed by atoms with Gasteiger partial charge in [0, 0.05) is 6.54 Å². The van der Waals surface area contributed by atoms with Crippen LogP contribution in [-0.2, 0) is 0 Å². The topological polar surface area (TPSA) is 61.4 Å². The molecule has 0 aromatic heterocycles. The Hall–Kier alpha value is -0.980. The van der Waals surface area contributed by atoms with E-state index in [9.17, 15) is 23.1 Å². The number of alkyl halides is 3. The van der Waals surface area contributed by atoms with Gasteiger partial charge in [-0.1, -0.05) is 19.8 Å². The first-order chi connectivity index (χ1) is 8.20. The average Bonchev–Trinajstić information content (AvgIpc) is 2.22. The van der Waals surface area contributed by atoms with Crippen LogP contribution in [0.5, 0.6) is 0 Å². The molecular formula is C11H19F3N2O2. The summed E-state index contributed by atoms with van der Waals surface area (Å²) in [5, 5.41) is 14.1. The summed E-state index contributed by atoms with van der Waals surface area (Å²) in [6.07, 6.45) is -1.40. The van der Waals surface area contributed by atoms with Crippen LogP contribution in [0.1, 0.15) is 32.6 Å². The highest BCUT2D eigenvalue weighted by Gasteiger charge is 2.33. The van der Waals surface area contributed by atoms with Crippen molar-refractivity contribution in [2.24, 2.45) is 5.92 Å². The number of rotatable bonds is 3. The highest BCUT2D eigenvalue weighted by atomic mass is 19.4. The van der Waals surface area contributed by atoms with Crippen LogP contribution in [0.25, 0.3) is 0 Å². The maximum atomic E-state index is 11.8. The fourth-order valence-corrected chi connectivity index (χ4v) is 2.28. The Morgan fingerprint density at radius 2 is 2.11 bits per heavy atom. The monoisotopic (exact) mass is 268 g/mol. The second-order valence-corrected chi connectivity index (χ2v) is 5.08. The quantitative estimate of drug-likeness (QED) is 0.730. The number of hydrogen-bond donors (Lipinski definition) is 3. The summed E-state index contributed by atoms with van der Waals surface area (Å²) >= 11 is 0. The van der Waals surface area contributed by atoms with Crippen LogP contribution < -0.4 is 10.6 Å². The van der Waals surface area contributed by atoms with Crippen molar-refractivity contribution in [3.8, 4) is 0 Å². The molecule has 7 heteroatoms. The largest absolute Gasteiger partial charge is 0.405 e. The minimum absolute atomic E-state index is 0.0129. The fourth-order valence-electron chi connectivity index (χ4n) is 2.28. The highest BCUT2D eigenvalue weighted by Crippen LogP contribution is 2.31. The molecule has 3 N–H and O–H groups in total. The van der Waals surface area contributed by atoms with E-state index in [1.807, 2.05) is 6.92 Å². The van der Waals surface area contributed by atoms with Gasteiger partial charge < -0.3 is 15.7 Å². The van der Waals surface area contributed by atoms with Crippen LogP contribution >= 0.6 is 0 Å². The Morgan fingerprint density at radius 3 is 2.67 bits per heavy atom. The zero-order valence-corrected chi connectivity index (χ0v) is 10.3. The molecule has 2 amide bonds. The maximum absolute atomic E-state index is 11.8. The summed E-state index contributed by atoms with van der Waals surface area (Å²) in [5.74, 6) is 0.365. The van der Waals surface area contributed by atoms with Crippen molar-refractivity contribution in [3.63, 3.8) is 0 Å². The molecule has 0 radical (unpaired) electrons. The third kappa shape index (κ3) is 5.57. The molecule has 0 spiro atoms. The lowest BCUT2D eigenvalue weighted by Crippen LogP contribution is -2.49. The average molecular weight is 268 g/mol. The molecule has 1 fully saturated rings. The number of nitrogens with one attached hydrogen (secondary N) is 2. The van der Waals surface area contributed by atoms with Gasteiger partial charge in [0.15, 0.2) is 0 Å². The van der Waals surface area contributed by atoms with E-state index in [0.717, 1.165) is 12.8 Å². The normalized spacial score (nSPS) is 28.8. The van der Waals surface area contributed by atoms with Crippen LogP contribution in [-0.4, -0.2) is 36.0 Å². The lowest BCUT2D eigenvalue weighted by atomic mass is 9.79. The van der Waals surface area contributed by atoms with Crippen LogP contribution in [0, 0.1) is 5.92 Å². The minimum Gasteiger partial charge on any atom is -0.388 e. The third-order valence-electron chi connectivity index (χ3n) is 3.09. The maximum Gasteiger partial charge on any atom is 0.405 e. The van der Waals surface area contributed by atoms with E-state index in [-0.39, 0.29) is 6.54 Å². The predicted molar refractivity (Wildman–Crippen MR) is 60.0 cm³/mol. The Labute approximate surface area is 104 Å². The van der Waals surface area contributed by atoms with Gasteiger partial charge in [0.1, 0.15) is 6.54 Å².